The lowest BCUT2D eigenvalue weighted by atomic mass is 10.6. The van der Waals surface area contributed by atoms with Crippen LogP contribution in [0.25, 0.3) is 10.4 Å². The second kappa shape index (κ2) is 13.7. The Morgan fingerprint density at radius 3 is 2.22 bits per heavy atom. The molecule has 0 heterocycles. The van der Waals surface area contributed by atoms with Crippen molar-refractivity contribution in [2.24, 2.45) is 5.11 Å². The monoisotopic (exact) mass is 260 g/mol. The van der Waals surface area contributed by atoms with Crippen LogP contribution in [0.2, 0.25) is 0 Å². The summed E-state index contributed by atoms with van der Waals surface area (Å²) in [5.74, 6) is -0.0623. The highest BCUT2D eigenvalue weighted by Gasteiger charge is 1.92. The molecule has 0 saturated carbocycles. The van der Waals surface area contributed by atoms with E-state index < -0.39 is 0 Å². The SMILES string of the molecule is CC(=O)NCCOCCOCCOCCN=[N+]=[N-]. The number of hydrogen-bond acceptors (Lipinski definition) is 5. The minimum absolute atomic E-state index is 0.0623. The van der Waals surface area contributed by atoms with Crippen molar-refractivity contribution >= 4 is 5.91 Å². The summed E-state index contributed by atoms with van der Waals surface area (Å²) in [6.45, 7) is 5.11. The first-order chi connectivity index (χ1) is 8.77. The van der Waals surface area contributed by atoms with E-state index in [1.165, 1.54) is 6.92 Å². The van der Waals surface area contributed by atoms with Gasteiger partial charge in [0.25, 0.3) is 0 Å². The molecule has 0 radical (unpaired) electrons. The lowest BCUT2D eigenvalue weighted by Crippen LogP contribution is -2.25. The van der Waals surface area contributed by atoms with Crippen LogP contribution in [0.5, 0.6) is 0 Å². The summed E-state index contributed by atoms with van der Waals surface area (Å²) in [7, 11) is 0. The standard InChI is InChI=1S/C10H20N4O4/c1-10(15)12-2-4-16-6-8-18-9-7-17-5-3-13-14-11/h2-9H2,1H3,(H,12,15). The van der Waals surface area contributed by atoms with E-state index in [0.717, 1.165) is 0 Å². The van der Waals surface area contributed by atoms with E-state index in [2.05, 4.69) is 15.3 Å². The smallest absolute Gasteiger partial charge is 0.216 e. The Bertz CT molecular complexity index is 244. The van der Waals surface area contributed by atoms with Crippen LogP contribution in [-0.4, -0.2) is 58.6 Å². The summed E-state index contributed by atoms with van der Waals surface area (Å²) in [6.07, 6.45) is 0. The maximum Gasteiger partial charge on any atom is 0.216 e. The molecule has 0 rings (SSSR count). The summed E-state index contributed by atoms with van der Waals surface area (Å²) < 4.78 is 15.6. The Kier molecular flexibility index (Phi) is 12.7. The minimum Gasteiger partial charge on any atom is -0.379 e. The summed E-state index contributed by atoms with van der Waals surface area (Å²) >= 11 is 0. The number of carbonyl (C=O) groups is 1. The highest BCUT2D eigenvalue weighted by atomic mass is 16.5. The molecular formula is C10H20N4O4. The van der Waals surface area contributed by atoms with Gasteiger partial charge in [0.2, 0.25) is 5.91 Å². The molecule has 0 aromatic rings. The van der Waals surface area contributed by atoms with Gasteiger partial charge in [0.1, 0.15) is 0 Å². The molecule has 0 unspecified atom stereocenters. The number of nitrogens with zero attached hydrogens (tertiary/aromatic N) is 3. The lowest BCUT2D eigenvalue weighted by molar-refractivity contribution is -0.119. The first-order valence-corrected chi connectivity index (χ1v) is 5.76. The minimum atomic E-state index is -0.0623. The predicted molar refractivity (Wildman–Crippen MR) is 65.2 cm³/mol. The second-order valence-corrected chi connectivity index (χ2v) is 3.27. The average Bonchev–Trinajstić information content (AvgIpc) is 2.34. The van der Waals surface area contributed by atoms with Gasteiger partial charge in [0.15, 0.2) is 0 Å². The molecule has 0 bridgehead atoms. The molecule has 18 heavy (non-hydrogen) atoms. The number of hydrogen-bond donors (Lipinski definition) is 1. The third kappa shape index (κ3) is 14.7. The fourth-order valence-corrected chi connectivity index (χ4v) is 0.991. The topological polar surface area (TPSA) is 106 Å². The summed E-state index contributed by atoms with van der Waals surface area (Å²) in [6, 6.07) is 0. The quantitative estimate of drug-likeness (QED) is 0.238. The highest BCUT2D eigenvalue weighted by Crippen LogP contribution is 1.82. The van der Waals surface area contributed by atoms with Crippen molar-refractivity contribution in [1.29, 1.82) is 0 Å². The molecule has 0 saturated heterocycles. The van der Waals surface area contributed by atoms with Crippen LogP contribution in [0.3, 0.4) is 0 Å². The molecule has 0 aromatic carbocycles. The van der Waals surface area contributed by atoms with Crippen molar-refractivity contribution in [2.75, 3.05) is 52.7 Å². The number of amides is 1. The molecule has 0 aromatic heterocycles. The summed E-state index contributed by atoms with van der Waals surface area (Å²) in [4.78, 5) is 13.1. The van der Waals surface area contributed by atoms with E-state index in [4.69, 9.17) is 19.7 Å². The van der Waals surface area contributed by atoms with Crippen LogP contribution in [0.1, 0.15) is 6.92 Å². The number of azide groups is 1. The van der Waals surface area contributed by atoms with Gasteiger partial charge in [-0.15, -0.1) is 0 Å². The molecular weight excluding hydrogens is 240 g/mol. The van der Waals surface area contributed by atoms with Gasteiger partial charge in [-0.1, -0.05) is 5.11 Å². The van der Waals surface area contributed by atoms with Crippen molar-refractivity contribution in [3.05, 3.63) is 10.4 Å². The van der Waals surface area contributed by atoms with Gasteiger partial charge in [0, 0.05) is 24.9 Å². The van der Waals surface area contributed by atoms with Crippen LogP contribution >= 0.6 is 0 Å². The van der Waals surface area contributed by atoms with Crippen LogP contribution < -0.4 is 5.32 Å². The maximum atomic E-state index is 10.5. The molecule has 0 spiro atoms. The van der Waals surface area contributed by atoms with Gasteiger partial charge in [-0.3, -0.25) is 4.79 Å². The Morgan fingerprint density at radius 1 is 1.11 bits per heavy atom. The zero-order valence-corrected chi connectivity index (χ0v) is 10.6. The van der Waals surface area contributed by atoms with E-state index in [1.807, 2.05) is 0 Å². The maximum absolute atomic E-state index is 10.5. The molecule has 0 fully saturated rings. The van der Waals surface area contributed by atoms with Crippen LogP contribution in [0, 0.1) is 0 Å². The molecule has 0 aliphatic heterocycles. The average molecular weight is 260 g/mol. The van der Waals surface area contributed by atoms with Gasteiger partial charge in [-0.2, -0.15) is 0 Å². The first-order valence-electron chi connectivity index (χ1n) is 5.76. The molecule has 8 nitrogen and oxygen atoms in total. The number of ether oxygens (including phenoxy) is 3. The van der Waals surface area contributed by atoms with E-state index in [-0.39, 0.29) is 5.91 Å². The molecule has 0 aliphatic carbocycles. The van der Waals surface area contributed by atoms with Crippen LogP contribution in [0.4, 0.5) is 0 Å². The Labute approximate surface area is 106 Å². The van der Waals surface area contributed by atoms with E-state index in [1.54, 1.807) is 0 Å². The second-order valence-electron chi connectivity index (χ2n) is 3.27. The van der Waals surface area contributed by atoms with E-state index >= 15 is 0 Å². The Hall–Kier alpha value is -1.34. The van der Waals surface area contributed by atoms with Crippen LogP contribution in [0.15, 0.2) is 5.11 Å². The van der Waals surface area contributed by atoms with E-state index in [9.17, 15) is 4.79 Å². The fraction of sp³-hybridized carbons (Fsp3) is 0.900. The number of carbonyl (C=O) groups excluding carboxylic acids is 1. The van der Waals surface area contributed by atoms with Gasteiger partial charge in [-0.05, 0) is 5.53 Å². The van der Waals surface area contributed by atoms with Gasteiger partial charge >= 0.3 is 0 Å². The molecule has 1 N–H and O–H groups in total. The molecule has 8 heteroatoms. The molecule has 1 amide bonds. The fourth-order valence-electron chi connectivity index (χ4n) is 0.991. The predicted octanol–water partition coefficient (Wildman–Crippen LogP) is 0.483. The van der Waals surface area contributed by atoms with Crippen molar-refractivity contribution in [1.82, 2.24) is 5.32 Å². The van der Waals surface area contributed by atoms with Gasteiger partial charge < -0.3 is 19.5 Å². The molecule has 104 valence electrons. The Balaban J connectivity index is 2.98. The van der Waals surface area contributed by atoms with Crippen molar-refractivity contribution in [2.45, 2.75) is 6.92 Å². The normalized spacial score (nSPS) is 9.83. The Morgan fingerprint density at radius 2 is 1.67 bits per heavy atom. The first kappa shape index (κ1) is 16.7. The largest absolute Gasteiger partial charge is 0.379 e. The summed E-state index contributed by atoms with van der Waals surface area (Å²) in [5, 5.41) is 5.95. The van der Waals surface area contributed by atoms with Crippen molar-refractivity contribution < 1.29 is 19.0 Å². The molecule has 0 aliphatic rings. The van der Waals surface area contributed by atoms with Crippen LogP contribution in [-0.2, 0) is 19.0 Å². The molecule has 0 atom stereocenters. The van der Waals surface area contributed by atoms with E-state index in [0.29, 0.717) is 52.7 Å². The van der Waals surface area contributed by atoms with Gasteiger partial charge in [-0.25, -0.2) is 0 Å². The highest BCUT2D eigenvalue weighted by molar-refractivity contribution is 5.72. The van der Waals surface area contributed by atoms with Crippen molar-refractivity contribution in [3.8, 4) is 0 Å². The van der Waals surface area contributed by atoms with Crippen molar-refractivity contribution in [3.63, 3.8) is 0 Å². The number of nitrogens with one attached hydrogen (secondary N) is 1. The third-order valence-corrected chi connectivity index (χ3v) is 1.76. The zero-order valence-electron chi connectivity index (χ0n) is 10.6. The number of rotatable bonds is 12. The lowest BCUT2D eigenvalue weighted by Gasteiger charge is -2.06. The summed E-state index contributed by atoms with van der Waals surface area (Å²) in [5.41, 5.74) is 8.00. The van der Waals surface area contributed by atoms with Gasteiger partial charge in [0.05, 0.1) is 39.6 Å². The third-order valence-electron chi connectivity index (χ3n) is 1.76. The zero-order chi connectivity index (χ0) is 13.5.